The van der Waals surface area contributed by atoms with Crippen LogP contribution in [0.15, 0.2) is 145 Å². The predicted molar refractivity (Wildman–Crippen MR) is 454 cm³/mol. The molecule has 0 spiro atoms. The Balaban J connectivity index is 0.000000190. The first-order chi connectivity index (χ1) is 64.0. The maximum atomic E-state index is 13.0. The van der Waals surface area contributed by atoms with E-state index in [0.29, 0.717) is 85.4 Å². The third-order valence-electron chi connectivity index (χ3n) is 17.8. The van der Waals surface area contributed by atoms with Gasteiger partial charge in [-0.2, -0.15) is 24.4 Å². The van der Waals surface area contributed by atoms with Gasteiger partial charge in [0.05, 0.1) is 83.4 Å². The molecule has 1 saturated carbocycles. The number of para-hydroxylation sites is 1. The fraction of sp³-hybridized carbons (Fsp3) is 0.440. The third-order valence-corrected chi connectivity index (χ3v) is 17.8. The average Bonchev–Trinajstić information content (AvgIpc) is 1.58. The van der Waals surface area contributed by atoms with Crippen LogP contribution in [-0.2, 0) is 81.5 Å². The molecule has 2 amide bonds. The molecule has 1 saturated heterocycles. The fourth-order valence-corrected chi connectivity index (χ4v) is 12.2. The number of pyridine rings is 2. The van der Waals surface area contributed by atoms with Crippen molar-refractivity contribution >= 4 is 89.5 Å². The molecule has 5 aliphatic heterocycles. The van der Waals surface area contributed by atoms with E-state index in [-0.39, 0.29) is 66.4 Å². The molecule has 51 heteroatoms. The molecule has 9 heterocycles. The van der Waals surface area contributed by atoms with Gasteiger partial charge in [-0.3, -0.25) is 53.2 Å². The Labute approximate surface area is 764 Å². The summed E-state index contributed by atoms with van der Waals surface area (Å²) in [6.45, 7) is 27.9. The highest BCUT2D eigenvalue weighted by atomic mass is 19.2. The van der Waals surface area contributed by atoms with E-state index in [2.05, 4.69) is 87.3 Å². The number of hydrogen-bond acceptors (Lipinski definition) is 41. The molecule has 135 heavy (non-hydrogen) atoms. The number of aryl methyl sites for hydroxylation is 1. The highest BCUT2D eigenvalue weighted by molar-refractivity contribution is 6.00. The summed E-state index contributed by atoms with van der Waals surface area (Å²) >= 11 is 0. The van der Waals surface area contributed by atoms with E-state index in [4.69, 9.17) is 47.9 Å². The lowest BCUT2D eigenvalue weighted by molar-refractivity contribution is -0.168. The van der Waals surface area contributed by atoms with Gasteiger partial charge in [0.15, 0.2) is 5.82 Å². The molecule has 0 radical (unpaired) electrons. The molecule has 5 unspecified atom stereocenters. The lowest BCUT2D eigenvalue weighted by Crippen LogP contribution is -2.50. The Morgan fingerprint density at radius 2 is 1.07 bits per heavy atom. The number of anilines is 2. The number of nitrogens with one attached hydrogen (secondary N) is 3. The van der Waals surface area contributed by atoms with Crippen LogP contribution >= 0.6 is 0 Å². The number of rotatable bonds is 16. The van der Waals surface area contributed by atoms with Gasteiger partial charge in [-0.25, -0.2) is 56.5 Å². The van der Waals surface area contributed by atoms with Crippen molar-refractivity contribution in [2.75, 3.05) is 17.1 Å². The second kappa shape index (κ2) is 49.8. The molecule has 15 rings (SSSR count). The zero-order chi connectivity index (χ0) is 99.2. The van der Waals surface area contributed by atoms with Crippen LogP contribution in [0.5, 0.6) is 5.75 Å². The van der Waals surface area contributed by atoms with E-state index >= 15 is 0 Å². The summed E-state index contributed by atoms with van der Waals surface area (Å²) in [5, 5.41) is 26.9. The van der Waals surface area contributed by atoms with Crippen molar-refractivity contribution in [3.05, 3.63) is 198 Å². The molecule has 2 fully saturated rings. The Hall–Kier alpha value is -15.3. The largest absolute Gasteiger partial charge is 0.535 e. The van der Waals surface area contributed by atoms with Gasteiger partial charge in [0.25, 0.3) is 11.5 Å². The lowest BCUT2D eigenvalue weighted by atomic mass is 9.86. The number of hydroxylamine groups is 4. The van der Waals surface area contributed by atoms with E-state index < -0.39 is 113 Å². The van der Waals surface area contributed by atoms with Gasteiger partial charge in [-0.05, 0) is 215 Å². The van der Waals surface area contributed by atoms with Gasteiger partial charge < -0.3 is 53.0 Å². The molecule has 7 aromatic rings. The van der Waals surface area contributed by atoms with Crippen LogP contribution in [0.1, 0.15) is 164 Å². The number of fused-ring (bicyclic) bond motifs is 10. The first-order valence-electron chi connectivity index (χ1n) is 41.8. The van der Waals surface area contributed by atoms with E-state index in [1.54, 1.807) is 176 Å². The minimum absolute atomic E-state index is 0.0457. The number of ether oxygens (including phenoxy) is 8. The van der Waals surface area contributed by atoms with E-state index in [1.165, 1.54) is 41.9 Å². The standard InChI is InChI=1S/C13H17NO4.C11H15N3O4.C11H13N3O4.C11H11N3O4.C10H7F5O3.C10H13N3O2.C9H12N4O3.C9H11NO4/c1-7(2)17-13(16)18-14-6-10-8-3-4-9(5-8)11(10)12(14)15;3*1-7(2)17-11(16)18-14-10(15)8-5-3-4-6-9(8)12-13-14;1-3(2)17-10(16)18-9-7(14)5(12)4(11)6(13)8(9)15;1-7(2)10(14)15-13-9-8(6-12-13)4-3-5-11-9;1-6(2)15-9(14)16-13-8-7(11-12-13)4-3-5-10-8;1-7(2)13-9(12)14-10-6-4-3-5-8(10)11/h4,7-8,10-11H,3,5-6H2,1-2H3;7H,3-6H2,1-2H3;3-7,12-13H,1-2H3;3-7H,1-2H3;3H,1-2H3;3-5,7,12H,6H2,1-2H3;3-8H,1-2H3;3-7H,1-2H3. The average molecular weight is 1900 g/mol. The van der Waals surface area contributed by atoms with Crippen LogP contribution in [0.4, 0.5) is 67.0 Å². The highest BCUT2D eigenvalue weighted by Crippen LogP contribution is 2.52. The summed E-state index contributed by atoms with van der Waals surface area (Å²) in [6.07, 6.45) is 6.00. The Bertz CT molecular complexity index is 5670. The highest BCUT2D eigenvalue weighted by Gasteiger charge is 2.54. The quantitative estimate of drug-likeness (QED) is 0.0118. The van der Waals surface area contributed by atoms with Gasteiger partial charge in [0, 0.05) is 42.3 Å². The zero-order valence-corrected chi connectivity index (χ0v) is 75.7. The second-order valence-corrected chi connectivity index (χ2v) is 31.2. The SMILES string of the molecule is CC(C)C(=O)ON1NCc2cccnc21.CC(C)OC(=O)ON1CC2C3CC=C(C3)C2C1=O.CC(C)OC(=O)ON1N=NC2C=CC=NC21.CC(C)OC(=O)ON1NNc2ccccc2C1=O.CC(C)OC(=O)Oc1c(F)c(F)c(F)c(F)c1F.CC(C)OC(=O)On1ccccc1=O.CC(C)OC(=O)On1nnc2c(c1=O)CCCC2.CC(C)OC(=O)On1nnc2ccccc2c1=O. The van der Waals surface area contributed by atoms with Gasteiger partial charge in [-0.15, -0.1) is 25.6 Å². The Morgan fingerprint density at radius 3 is 1.68 bits per heavy atom. The number of dihydropyridines is 1. The summed E-state index contributed by atoms with van der Waals surface area (Å²) in [5.74, 6) is -12.4. The van der Waals surface area contributed by atoms with Crippen molar-refractivity contribution in [2.24, 2.45) is 39.0 Å². The number of allylic oxidation sites excluding steroid dienone is 2. The van der Waals surface area contributed by atoms with Crippen molar-refractivity contribution in [2.45, 2.75) is 211 Å². The van der Waals surface area contributed by atoms with E-state index in [1.807, 2.05) is 18.2 Å². The molecule has 46 nitrogen and oxygen atoms in total. The van der Waals surface area contributed by atoms with Gasteiger partial charge in [-0.1, -0.05) is 78.3 Å². The summed E-state index contributed by atoms with van der Waals surface area (Å²) < 4.78 is 102. The van der Waals surface area contributed by atoms with Crippen molar-refractivity contribution in [1.82, 2.24) is 66.4 Å². The molecule has 8 aliphatic rings. The molecule has 4 aromatic heterocycles. The maximum Gasteiger partial charge on any atom is 0.535 e. The zero-order valence-electron chi connectivity index (χ0n) is 75.7. The monoisotopic (exact) mass is 1900 g/mol. The fourth-order valence-electron chi connectivity index (χ4n) is 12.2. The van der Waals surface area contributed by atoms with Crippen LogP contribution in [0, 0.1) is 52.8 Å². The molecular weight excluding hydrogens is 1800 g/mol. The van der Waals surface area contributed by atoms with Crippen LogP contribution in [0.3, 0.4) is 0 Å². The van der Waals surface area contributed by atoms with Crippen molar-refractivity contribution in [3.8, 4) is 5.75 Å². The lowest BCUT2D eigenvalue weighted by Gasteiger charge is -2.27. The summed E-state index contributed by atoms with van der Waals surface area (Å²) in [4.78, 5) is 192. The normalized spacial score (nSPS) is 16.7. The third kappa shape index (κ3) is 30.9. The molecule has 3 aliphatic carbocycles. The number of hydrogen-bond donors (Lipinski definition) is 3. The minimum Gasteiger partial charge on any atom is -0.431 e. The first-order valence-corrected chi connectivity index (χ1v) is 41.8. The summed E-state index contributed by atoms with van der Waals surface area (Å²) in [5.41, 5.74) is 11.6. The number of hydrazine groups is 3. The number of amides is 2. The number of nitrogens with zero attached hydrogens (tertiary/aromatic N) is 15. The van der Waals surface area contributed by atoms with Crippen LogP contribution < -0.4 is 57.5 Å². The summed E-state index contributed by atoms with van der Waals surface area (Å²) in [7, 11) is 0. The topological polar surface area (TPSA) is 526 Å². The molecule has 3 N–H and O–H groups in total. The van der Waals surface area contributed by atoms with Crippen molar-refractivity contribution in [1.29, 1.82) is 0 Å². The number of carbonyl (C=O) groups is 10. The molecule has 2 bridgehead atoms. The molecular formula is C84H99F5N18O28. The van der Waals surface area contributed by atoms with Crippen molar-refractivity contribution in [3.63, 3.8) is 0 Å². The Kier molecular flexibility index (Phi) is 38.7. The summed E-state index contributed by atoms with van der Waals surface area (Å²) in [6, 6.07) is 21.5. The predicted octanol–water partition coefficient (Wildman–Crippen LogP) is 11.2. The first kappa shape index (κ1) is 105. The Morgan fingerprint density at radius 1 is 0.533 bits per heavy atom. The number of halogens is 5. The van der Waals surface area contributed by atoms with Crippen molar-refractivity contribution < 1.29 is 142 Å². The van der Waals surface area contributed by atoms with Crippen LogP contribution in [0.25, 0.3) is 10.9 Å². The van der Waals surface area contributed by atoms with Gasteiger partial charge in [0.2, 0.25) is 41.0 Å². The van der Waals surface area contributed by atoms with E-state index in [9.17, 15) is 84.3 Å². The minimum atomic E-state index is -2.34. The number of carbonyl (C=O) groups excluding carboxylic acids is 10. The number of aromatic nitrogens is 8. The van der Waals surface area contributed by atoms with E-state index in [0.717, 1.165) is 47.6 Å². The second-order valence-electron chi connectivity index (χ2n) is 31.2. The van der Waals surface area contributed by atoms with Crippen LogP contribution in [-0.4, -0.2) is 184 Å². The molecule has 5 atom stereocenters. The van der Waals surface area contributed by atoms with Gasteiger partial charge in [0.1, 0.15) is 11.6 Å². The van der Waals surface area contributed by atoms with Gasteiger partial charge >= 0.3 is 66.1 Å². The van der Waals surface area contributed by atoms with Crippen LogP contribution in [0.2, 0.25) is 0 Å². The molecule has 3 aromatic carbocycles. The molecule has 728 valence electrons. The maximum absolute atomic E-state index is 13.0. The number of aliphatic imine (C=N–C) groups is 1. The smallest absolute Gasteiger partial charge is 0.431 e. The number of benzene rings is 3.